The Balaban J connectivity index is -0.000000213. The topological polar surface area (TPSA) is 48.6 Å². The number of carbonyl (C=O) groups excluding carboxylic acids is 1. The third-order valence-electron chi connectivity index (χ3n) is 0.724. The summed E-state index contributed by atoms with van der Waals surface area (Å²) in [7, 11) is 0. The molecule has 1 aromatic rings. The van der Waals surface area contributed by atoms with Crippen molar-refractivity contribution in [1.29, 1.82) is 0 Å². The van der Waals surface area contributed by atoms with E-state index in [-0.39, 0.29) is 36.5 Å². The average Bonchev–Trinajstić information content (AvgIpc) is 2.14. The Kier molecular flexibility index (Phi) is 8.38. The van der Waals surface area contributed by atoms with Crippen LogP contribution in [-0.4, -0.2) is 11.8 Å². The van der Waals surface area contributed by atoms with E-state index >= 15 is 0 Å². The van der Waals surface area contributed by atoms with E-state index in [0.29, 0.717) is 9.90 Å². The second kappa shape index (κ2) is 6.34. The smallest absolute Gasteiger partial charge is 1.00 e. The van der Waals surface area contributed by atoms with Crippen molar-refractivity contribution >= 4 is 29.2 Å². The van der Waals surface area contributed by atoms with Gasteiger partial charge in [-0.2, -0.15) is 0 Å². The Bertz CT molecular complexity index is 206. The Hall–Kier alpha value is 0.620. The third kappa shape index (κ3) is 3.71. The molecule has 1 aromatic heterocycles. The van der Waals surface area contributed by atoms with Gasteiger partial charge in [0.15, 0.2) is 6.29 Å². The summed E-state index contributed by atoms with van der Waals surface area (Å²) in [6, 6.07) is 1.64. The van der Waals surface area contributed by atoms with Crippen LogP contribution in [0.5, 0.6) is 0 Å². The summed E-state index contributed by atoms with van der Waals surface area (Å²) < 4.78 is 0.659. The molecule has 0 saturated carbocycles. The summed E-state index contributed by atoms with van der Waals surface area (Å²) in [6.45, 7) is 0. The third-order valence-corrected chi connectivity index (χ3v) is 1.83. The van der Waals surface area contributed by atoms with Crippen LogP contribution in [0, 0.1) is 0 Å². The predicted molar refractivity (Wildman–Crippen MR) is 39.4 cm³/mol. The van der Waals surface area contributed by atoms with Gasteiger partial charge in [-0.15, -0.1) is 11.3 Å². The molecule has 0 saturated heterocycles. The molecule has 0 aliphatic heterocycles. The largest absolute Gasteiger partial charge is 1.00 e. The summed E-state index contributed by atoms with van der Waals surface area (Å²) >= 11 is 6.86. The van der Waals surface area contributed by atoms with Crippen molar-refractivity contribution in [2.24, 2.45) is 0 Å². The SMILES string of the molecule is O.O=Cc1csc(Cl)c1.[H-].[Na+]. The standard InChI is InChI=1S/C5H3ClOS.Na.H2O.H/c6-5-1-4(2-7)3-8-5;;;/h1-3H;;1H2;/q;+1;;-1. The Morgan fingerprint density at radius 2 is 2.30 bits per heavy atom. The average molecular weight is 189 g/mol. The van der Waals surface area contributed by atoms with Gasteiger partial charge in [0, 0.05) is 10.9 Å². The van der Waals surface area contributed by atoms with E-state index in [1.54, 1.807) is 11.4 Å². The Morgan fingerprint density at radius 1 is 1.70 bits per heavy atom. The van der Waals surface area contributed by atoms with E-state index < -0.39 is 0 Å². The first-order chi connectivity index (χ1) is 3.83. The van der Waals surface area contributed by atoms with Crippen molar-refractivity contribution in [3.63, 3.8) is 0 Å². The molecule has 0 amide bonds. The van der Waals surface area contributed by atoms with Crippen LogP contribution in [0.15, 0.2) is 11.4 Å². The van der Waals surface area contributed by atoms with E-state index in [4.69, 9.17) is 11.6 Å². The normalized spacial score (nSPS) is 7.30. The van der Waals surface area contributed by atoms with Crippen LogP contribution in [0.4, 0.5) is 0 Å². The van der Waals surface area contributed by atoms with E-state index in [1.165, 1.54) is 11.3 Å². The first-order valence-electron chi connectivity index (χ1n) is 2.02. The molecule has 0 spiro atoms. The van der Waals surface area contributed by atoms with Gasteiger partial charge in [-0.05, 0) is 6.07 Å². The fraction of sp³-hybridized carbons (Fsp3) is 0. The zero-order chi connectivity index (χ0) is 5.98. The zero-order valence-corrected chi connectivity index (χ0v) is 9.00. The molecule has 5 heteroatoms. The first-order valence-corrected chi connectivity index (χ1v) is 3.28. The molecule has 0 aromatic carbocycles. The van der Waals surface area contributed by atoms with Crippen molar-refractivity contribution in [3.05, 3.63) is 21.3 Å². The molecular formula is C5H6ClNaO2S. The molecule has 0 atom stereocenters. The second-order valence-corrected chi connectivity index (χ2v) is 2.84. The van der Waals surface area contributed by atoms with Crippen LogP contribution in [0.2, 0.25) is 4.34 Å². The minimum atomic E-state index is 0. The minimum absolute atomic E-state index is 0. The van der Waals surface area contributed by atoms with E-state index in [9.17, 15) is 4.79 Å². The fourth-order valence-corrected chi connectivity index (χ4v) is 1.22. The Labute approximate surface area is 91.3 Å². The molecule has 0 aliphatic carbocycles. The minimum Gasteiger partial charge on any atom is -1.00 e. The number of hydrogen-bond acceptors (Lipinski definition) is 2. The van der Waals surface area contributed by atoms with Crippen LogP contribution in [0.25, 0.3) is 0 Å². The maximum Gasteiger partial charge on any atom is 1.00 e. The molecule has 1 rings (SSSR count). The van der Waals surface area contributed by atoms with Crippen molar-refractivity contribution in [2.75, 3.05) is 0 Å². The van der Waals surface area contributed by atoms with E-state index in [1.807, 2.05) is 0 Å². The molecule has 0 fully saturated rings. The number of thiophene rings is 1. The van der Waals surface area contributed by atoms with Gasteiger partial charge in [0.1, 0.15) is 0 Å². The molecule has 0 aliphatic rings. The van der Waals surface area contributed by atoms with Gasteiger partial charge in [0.2, 0.25) is 0 Å². The second-order valence-electron chi connectivity index (χ2n) is 1.30. The van der Waals surface area contributed by atoms with Crippen LogP contribution in [0.3, 0.4) is 0 Å². The molecule has 52 valence electrons. The number of aldehydes is 1. The van der Waals surface area contributed by atoms with Crippen LogP contribution < -0.4 is 29.6 Å². The molecule has 0 unspecified atom stereocenters. The number of rotatable bonds is 1. The van der Waals surface area contributed by atoms with Crippen molar-refractivity contribution in [1.82, 2.24) is 0 Å². The Morgan fingerprint density at radius 3 is 2.50 bits per heavy atom. The summed E-state index contributed by atoms with van der Waals surface area (Å²) in [5.41, 5.74) is 0.653. The molecule has 0 bridgehead atoms. The van der Waals surface area contributed by atoms with Gasteiger partial charge < -0.3 is 6.90 Å². The fourth-order valence-electron chi connectivity index (χ4n) is 0.385. The van der Waals surface area contributed by atoms with E-state index in [0.717, 1.165) is 6.29 Å². The first kappa shape index (κ1) is 13.2. The molecular weight excluding hydrogens is 183 g/mol. The zero-order valence-electron chi connectivity index (χ0n) is 6.43. The maximum atomic E-state index is 9.97. The van der Waals surface area contributed by atoms with Gasteiger partial charge in [0.05, 0.1) is 4.34 Å². The molecule has 0 radical (unpaired) electrons. The summed E-state index contributed by atoms with van der Waals surface area (Å²) in [4.78, 5) is 9.97. The van der Waals surface area contributed by atoms with Gasteiger partial charge in [-0.1, -0.05) is 11.6 Å². The van der Waals surface area contributed by atoms with Crippen LogP contribution in [0.1, 0.15) is 11.8 Å². The summed E-state index contributed by atoms with van der Waals surface area (Å²) in [5, 5.41) is 1.72. The quantitative estimate of drug-likeness (QED) is 0.391. The van der Waals surface area contributed by atoms with Crippen LogP contribution in [-0.2, 0) is 0 Å². The van der Waals surface area contributed by atoms with Gasteiger partial charge >= 0.3 is 29.6 Å². The molecule has 1 heterocycles. The molecule has 2 nitrogen and oxygen atoms in total. The van der Waals surface area contributed by atoms with Gasteiger partial charge in [0.25, 0.3) is 0 Å². The van der Waals surface area contributed by atoms with Gasteiger partial charge in [-0.3, -0.25) is 4.79 Å². The van der Waals surface area contributed by atoms with Crippen molar-refractivity contribution in [2.45, 2.75) is 0 Å². The monoisotopic (exact) mass is 188 g/mol. The number of hydrogen-bond donors (Lipinski definition) is 0. The maximum absolute atomic E-state index is 9.97. The molecule has 2 N–H and O–H groups in total. The van der Waals surface area contributed by atoms with Crippen molar-refractivity contribution < 1.29 is 41.3 Å². The van der Waals surface area contributed by atoms with Crippen LogP contribution >= 0.6 is 22.9 Å². The summed E-state index contributed by atoms with van der Waals surface area (Å²) in [6.07, 6.45) is 0.780. The van der Waals surface area contributed by atoms with Gasteiger partial charge in [-0.25, -0.2) is 0 Å². The van der Waals surface area contributed by atoms with E-state index in [2.05, 4.69) is 0 Å². The van der Waals surface area contributed by atoms with Crippen molar-refractivity contribution in [3.8, 4) is 0 Å². The number of halogens is 1. The molecule has 10 heavy (non-hydrogen) atoms. The summed E-state index contributed by atoms with van der Waals surface area (Å²) in [5.74, 6) is 0. The predicted octanol–water partition coefficient (Wildman–Crippen LogP) is -1.49. The number of carbonyl (C=O) groups is 1.